The smallest absolute Gasteiger partial charge is 0.248 e. The van der Waals surface area contributed by atoms with Crippen LogP contribution in [-0.4, -0.2) is 11.3 Å². The van der Waals surface area contributed by atoms with Gasteiger partial charge < -0.3 is 9.47 Å². The first-order chi connectivity index (χ1) is 26.3. The molecule has 0 saturated heterocycles. The monoisotopic (exact) mass is 672 g/mol. The summed E-state index contributed by atoms with van der Waals surface area (Å²) in [6.07, 6.45) is 0.935. The second-order valence-electron chi connectivity index (χ2n) is 14.8. The van der Waals surface area contributed by atoms with Crippen molar-refractivity contribution in [1.82, 2.24) is 4.57 Å². The van der Waals surface area contributed by atoms with Crippen LogP contribution in [0.5, 0.6) is 0 Å². The van der Waals surface area contributed by atoms with Gasteiger partial charge in [0, 0.05) is 39.0 Å². The van der Waals surface area contributed by atoms with E-state index in [1.807, 2.05) is 0 Å². The molecular formula is C50H33BN2. The molecule has 8 aromatic carbocycles. The Kier molecular flexibility index (Phi) is 5.88. The molecule has 4 heterocycles. The second kappa shape index (κ2) is 10.7. The van der Waals surface area contributed by atoms with Crippen LogP contribution >= 0.6 is 0 Å². The van der Waals surface area contributed by atoms with E-state index in [1.54, 1.807) is 0 Å². The van der Waals surface area contributed by atoms with Gasteiger partial charge in [0.1, 0.15) is 0 Å². The van der Waals surface area contributed by atoms with Crippen LogP contribution in [0.1, 0.15) is 33.4 Å². The van der Waals surface area contributed by atoms with Crippen LogP contribution in [0, 0.1) is 0 Å². The summed E-state index contributed by atoms with van der Waals surface area (Å²) in [7, 11) is 0. The molecule has 0 bridgehead atoms. The standard InChI is InChI=1S/C50H33BN2/c1-5-17-35(18-6-1)50(36-19-7-2-8-20-36)42-26-15-16-33-30-34-28-29-41-40-25-13-14-27-44(40)53-45-32-39(31-43(50)48(45)51(46(33)42)47(34)49(41)53)52(37-21-9-3-10-22-37)38-23-11-4-12-24-38/h1-29,31-32H,30H2. The first-order valence-electron chi connectivity index (χ1n) is 18.7. The van der Waals surface area contributed by atoms with Gasteiger partial charge in [-0.2, -0.15) is 0 Å². The van der Waals surface area contributed by atoms with Crippen molar-refractivity contribution in [3.63, 3.8) is 0 Å². The van der Waals surface area contributed by atoms with E-state index in [0.717, 1.165) is 23.5 Å². The Balaban J connectivity index is 1.33. The summed E-state index contributed by atoms with van der Waals surface area (Å²) in [4.78, 5) is 2.44. The first kappa shape index (κ1) is 29.0. The lowest BCUT2D eigenvalue weighted by Crippen LogP contribution is -2.67. The van der Waals surface area contributed by atoms with E-state index in [9.17, 15) is 0 Å². The molecule has 3 heteroatoms. The van der Waals surface area contributed by atoms with Crippen LogP contribution in [0.2, 0.25) is 0 Å². The zero-order chi connectivity index (χ0) is 34.7. The molecule has 9 aromatic rings. The van der Waals surface area contributed by atoms with Crippen molar-refractivity contribution in [2.24, 2.45) is 0 Å². The lowest BCUT2D eigenvalue weighted by atomic mass is 9.27. The van der Waals surface area contributed by atoms with Gasteiger partial charge in [0.05, 0.1) is 10.9 Å². The van der Waals surface area contributed by atoms with Crippen LogP contribution in [0.25, 0.3) is 27.5 Å². The summed E-state index contributed by atoms with van der Waals surface area (Å²) < 4.78 is 2.62. The molecular weight excluding hydrogens is 639 g/mol. The van der Waals surface area contributed by atoms with Crippen LogP contribution in [0.4, 0.5) is 17.1 Å². The highest BCUT2D eigenvalue weighted by molar-refractivity contribution is 7.00. The number of hydrogen-bond donors (Lipinski definition) is 0. The van der Waals surface area contributed by atoms with Crippen molar-refractivity contribution >= 4 is 62.0 Å². The number of aromatic nitrogens is 1. The lowest BCUT2D eigenvalue weighted by molar-refractivity contribution is 0.748. The first-order valence-corrected chi connectivity index (χ1v) is 18.7. The molecule has 3 aliphatic heterocycles. The van der Waals surface area contributed by atoms with Crippen LogP contribution < -0.4 is 21.3 Å². The van der Waals surface area contributed by atoms with Gasteiger partial charge in [-0.25, -0.2) is 0 Å². The van der Waals surface area contributed by atoms with Gasteiger partial charge >= 0.3 is 0 Å². The molecule has 1 aromatic heterocycles. The molecule has 0 unspecified atom stereocenters. The zero-order valence-electron chi connectivity index (χ0n) is 29.1. The molecule has 0 radical (unpaired) electrons. The summed E-state index contributed by atoms with van der Waals surface area (Å²) in [5, 5.41) is 2.64. The molecule has 0 spiro atoms. The lowest BCUT2D eigenvalue weighted by Gasteiger charge is -2.49. The molecule has 0 aliphatic carbocycles. The maximum Gasteiger partial charge on any atom is 0.248 e. The summed E-state index contributed by atoms with van der Waals surface area (Å²) in [6, 6.07) is 70.3. The summed E-state index contributed by atoms with van der Waals surface area (Å²) in [5.74, 6) is 0. The third-order valence-corrected chi connectivity index (χ3v) is 12.3. The van der Waals surface area contributed by atoms with Crippen molar-refractivity contribution in [1.29, 1.82) is 0 Å². The number of nitrogens with zero attached hydrogens (tertiary/aromatic N) is 2. The van der Waals surface area contributed by atoms with E-state index in [1.165, 1.54) is 77.3 Å². The summed E-state index contributed by atoms with van der Waals surface area (Å²) >= 11 is 0. The maximum atomic E-state index is 2.62. The number of benzene rings is 8. The Morgan fingerprint density at radius 3 is 1.74 bits per heavy atom. The molecule has 246 valence electrons. The second-order valence-corrected chi connectivity index (χ2v) is 14.8. The van der Waals surface area contributed by atoms with Gasteiger partial charge in [0.2, 0.25) is 6.71 Å². The van der Waals surface area contributed by atoms with Gasteiger partial charge in [0.15, 0.2) is 0 Å². The molecule has 0 amide bonds. The molecule has 12 rings (SSSR count). The van der Waals surface area contributed by atoms with Gasteiger partial charge in [-0.3, -0.25) is 0 Å². The predicted octanol–water partition coefficient (Wildman–Crippen LogP) is 9.68. The number of para-hydroxylation sites is 3. The third kappa shape index (κ3) is 3.74. The molecule has 2 nitrogen and oxygen atoms in total. The largest absolute Gasteiger partial charge is 0.310 e. The highest BCUT2D eigenvalue weighted by atomic mass is 15.1. The van der Waals surface area contributed by atoms with E-state index >= 15 is 0 Å². The number of fused-ring (bicyclic) bond motifs is 4. The Morgan fingerprint density at radius 2 is 1.06 bits per heavy atom. The number of hydrogen-bond acceptors (Lipinski definition) is 1. The minimum Gasteiger partial charge on any atom is -0.310 e. The van der Waals surface area contributed by atoms with Crippen molar-refractivity contribution in [2.45, 2.75) is 11.8 Å². The average molecular weight is 673 g/mol. The predicted molar refractivity (Wildman–Crippen MR) is 221 cm³/mol. The highest BCUT2D eigenvalue weighted by Crippen LogP contribution is 2.51. The fraction of sp³-hybridized carbons (Fsp3) is 0.0400. The van der Waals surface area contributed by atoms with Gasteiger partial charge in [0.25, 0.3) is 0 Å². The van der Waals surface area contributed by atoms with E-state index in [-0.39, 0.29) is 6.71 Å². The van der Waals surface area contributed by atoms with Crippen molar-refractivity contribution in [2.75, 3.05) is 4.90 Å². The van der Waals surface area contributed by atoms with E-state index in [0.29, 0.717) is 0 Å². The van der Waals surface area contributed by atoms with E-state index < -0.39 is 5.41 Å². The van der Waals surface area contributed by atoms with Crippen LogP contribution in [0.15, 0.2) is 188 Å². The van der Waals surface area contributed by atoms with Crippen molar-refractivity contribution < 1.29 is 0 Å². The summed E-state index contributed by atoms with van der Waals surface area (Å²) in [5.41, 5.74) is 19.3. The van der Waals surface area contributed by atoms with Gasteiger partial charge in [-0.15, -0.1) is 0 Å². The Labute approximate surface area is 309 Å². The van der Waals surface area contributed by atoms with Crippen molar-refractivity contribution in [3.8, 4) is 5.69 Å². The molecule has 3 aliphatic rings. The Bertz CT molecular complexity index is 2830. The fourth-order valence-electron chi connectivity index (χ4n) is 10.4. The average Bonchev–Trinajstić information content (AvgIpc) is 3.57. The topological polar surface area (TPSA) is 8.17 Å². The molecule has 53 heavy (non-hydrogen) atoms. The van der Waals surface area contributed by atoms with Crippen LogP contribution in [-0.2, 0) is 11.8 Å². The van der Waals surface area contributed by atoms with E-state index in [4.69, 9.17) is 0 Å². The minimum absolute atomic E-state index is 0.131. The molecule has 0 N–H and O–H groups in total. The summed E-state index contributed by atoms with van der Waals surface area (Å²) in [6.45, 7) is 0.131. The quantitative estimate of drug-likeness (QED) is 0.165. The van der Waals surface area contributed by atoms with Crippen molar-refractivity contribution in [3.05, 3.63) is 221 Å². The molecule has 0 fully saturated rings. The highest BCUT2D eigenvalue weighted by Gasteiger charge is 2.53. The van der Waals surface area contributed by atoms with Gasteiger partial charge in [-0.05, 0) is 93.2 Å². The normalized spacial score (nSPS) is 14.1. The SMILES string of the molecule is c1ccc(N(c2ccccc2)c2cc3c4c(c2)C(c2ccccc2)(c2ccccc2)c2cccc5c2B4c2c(ccc4c6ccccc6n-3c24)C5)cc1. The number of rotatable bonds is 5. The van der Waals surface area contributed by atoms with Gasteiger partial charge in [-0.1, -0.05) is 151 Å². The molecule has 0 saturated carbocycles. The Hall–Kier alpha value is -6.58. The number of anilines is 3. The van der Waals surface area contributed by atoms with Crippen LogP contribution in [0.3, 0.4) is 0 Å². The third-order valence-electron chi connectivity index (χ3n) is 12.3. The fourth-order valence-corrected chi connectivity index (χ4v) is 10.4. The molecule has 0 atom stereocenters. The minimum atomic E-state index is -0.560. The Morgan fingerprint density at radius 1 is 0.453 bits per heavy atom. The van der Waals surface area contributed by atoms with E-state index in [2.05, 4.69) is 198 Å². The zero-order valence-corrected chi connectivity index (χ0v) is 29.1. The maximum absolute atomic E-state index is 2.62.